The number of anilines is 1. The molecule has 5 heteroatoms. The monoisotopic (exact) mass is 282 g/mol. The first-order valence-electron chi connectivity index (χ1n) is 6.44. The molecule has 1 amide bonds. The van der Waals surface area contributed by atoms with Gasteiger partial charge in [0.2, 0.25) is 5.91 Å². The van der Waals surface area contributed by atoms with Crippen LogP contribution in [0.25, 0.3) is 0 Å². The van der Waals surface area contributed by atoms with Crippen molar-refractivity contribution < 1.29 is 9.53 Å². The van der Waals surface area contributed by atoms with Crippen molar-refractivity contribution in [2.75, 3.05) is 32.1 Å². The second-order valence-electron chi connectivity index (χ2n) is 4.90. The summed E-state index contributed by atoms with van der Waals surface area (Å²) in [6.45, 7) is 2.10. The van der Waals surface area contributed by atoms with E-state index >= 15 is 0 Å². The van der Waals surface area contributed by atoms with E-state index in [1.807, 2.05) is 18.2 Å². The number of carbonyl (C=O) groups is 1. The highest BCUT2D eigenvalue weighted by atomic mass is 35.5. The predicted molar refractivity (Wildman–Crippen MR) is 76.5 cm³/mol. The van der Waals surface area contributed by atoms with Crippen molar-refractivity contribution in [3.8, 4) is 0 Å². The van der Waals surface area contributed by atoms with E-state index in [4.69, 9.17) is 16.3 Å². The standard InChI is InChI=1S/C14H19ClN2O2/c1-19-10-14(6-8-16-9-7-14)13(18)17-12-5-3-2-4-11(12)15/h2-5,16H,6-10H2,1H3,(H,17,18). The molecule has 104 valence electrons. The number of nitrogens with one attached hydrogen (secondary N) is 2. The molecule has 4 nitrogen and oxygen atoms in total. The van der Waals surface area contributed by atoms with Crippen LogP contribution in [0, 0.1) is 5.41 Å². The highest BCUT2D eigenvalue weighted by Crippen LogP contribution is 2.32. The summed E-state index contributed by atoms with van der Waals surface area (Å²) in [6, 6.07) is 7.27. The van der Waals surface area contributed by atoms with Gasteiger partial charge in [-0.3, -0.25) is 4.79 Å². The molecule has 1 saturated heterocycles. The fourth-order valence-corrected chi connectivity index (χ4v) is 2.62. The van der Waals surface area contributed by atoms with Gasteiger partial charge in [-0.25, -0.2) is 0 Å². The van der Waals surface area contributed by atoms with Crippen LogP contribution in [0.1, 0.15) is 12.8 Å². The van der Waals surface area contributed by atoms with Crippen LogP contribution in [0.4, 0.5) is 5.69 Å². The minimum atomic E-state index is -0.459. The van der Waals surface area contributed by atoms with Gasteiger partial charge in [-0.05, 0) is 38.1 Å². The molecule has 0 aromatic heterocycles. The molecule has 19 heavy (non-hydrogen) atoms. The SMILES string of the molecule is COCC1(C(=O)Nc2ccccc2Cl)CCNCC1. The van der Waals surface area contributed by atoms with Crippen LogP contribution in [0.15, 0.2) is 24.3 Å². The molecule has 1 aromatic rings. The molecule has 1 fully saturated rings. The summed E-state index contributed by atoms with van der Waals surface area (Å²) in [7, 11) is 1.63. The fourth-order valence-electron chi connectivity index (χ4n) is 2.44. The normalized spacial score (nSPS) is 18.0. The zero-order chi connectivity index (χ0) is 13.7. The maximum absolute atomic E-state index is 12.6. The highest BCUT2D eigenvalue weighted by Gasteiger charge is 2.39. The first-order valence-corrected chi connectivity index (χ1v) is 6.81. The molecule has 0 unspecified atom stereocenters. The Morgan fingerprint density at radius 1 is 1.42 bits per heavy atom. The van der Waals surface area contributed by atoms with Crippen molar-refractivity contribution in [1.82, 2.24) is 5.32 Å². The molecule has 0 radical (unpaired) electrons. The van der Waals surface area contributed by atoms with Gasteiger partial charge in [0, 0.05) is 7.11 Å². The molecule has 0 spiro atoms. The van der Waals surface area contributed by atoms with E-state index < -0.39 is 5.41 Å². The third-order valence-electron chi connectivity index (χ3n) is 3.59. The number of methoxy groups -OCH3 is 1. The zero-order valence-corrected chi connectivity index (χ0v) is 11.8. The van der Waals surface area contributed by atoms with Crippen molar-refractivity contribution in [3.63, 3.8) is 0 Å². The molecule has 1 aromatic carbocycles. The predicted octanol–water partition coefficient (Wildman–Crippen LogP) is 2.29. The molecule has 1 aliphatic heterocycles. The van der Waals surface area contributed by atoms with Gasteiger partial charge in [-0.2, -0.15) is 0 Å². The molecular weight excluding hydrogens is 264 g/mol. The summed E-state index contributed by atoms with van der Waals surface area (Å²) in [5, 5.41) is 6.75. The minimum absolute atomic E-state index is 0.0102. The average molecular weight is 283 g/mol. The number of amides is 1. The Hall–Kier alpha value is -1.10. The second-order valence-corrected chi connectivity index (χ2v) is 5.30. The van der Waals surface area contributed by atoms with Crippen molar-refractivity contribution >= 4 is 23.2 Å². The van der Waals surface area contributed by atoms with Crippen LogP contribution < -0.4 is 10.6 Å². The molecule has 2 rings (SSSR count). The summed E-state index contributed by atoms with van der Waals surface area (Å²) in [5.74, 6) is -0.0102. The molecule has 0 saturated carbocycles. The Balaban J connectivity index is 2.14. The Bertz CT molecular complexity index is 439. The number of carbonyl (C=O) groups excluding carboxylic acids is 1. The Labute approximate surface area is 118 Å². The molecule has 0 aliphatic carbocycles. The lowest BCUT2D eigenvalue weighted by molar-refractivity contribution is -0.130. The molecular formula is C14H19ClN2O2. The van der Waals surface area contributed by atoms with E-state index in [2.05, 4.69) is 10.6 Å². The smallest absolute Gasteiger partial charge is 0.233 e. The van der Waals surface area contributed by atoms with Crippen LogP contribution in [0.5, 0.6) is 0 Å². The van der Waals surface area contributed by atoms with Crippen LogP contribution in [0.3, 0.4) is 0 Å². The van der Waals surface area contributed by atoms with Gasteiger partial charge in [0.05, 0.1) is 22.7 Å². The number of ether oxygens (including phenoxy) is 1. The first kappa shape index (κ1) is 14.3. The summed E-state index contributed by atoms with van der Waals surface area (Å²) < 4.78 is 5.25. The van der Waals surface area contributed by atoms with Gasteiger partial charge < -0.3 is 15.4 Å². The number of hydrogen-bond acceptors (Lipinski definition) is 3. The number of para-hydroxylation sites is 1. The fraction of sp³-hybridized carbons (Fsp3) is 0.500. The topological polar surface area (TPSA) is 50.4 Å². The Morgan fingerprint density at radius 3 is 2.74 bits per heavy atom. The van der Waals surface area contributed by atoms with Crippen molar-refractivity contribution in [1.29, 1.82) is 0 Å². The number of piperidine rings is 1. The van der Waals surface area contributed by atoms with E-state index in [0.717, 1.165) is 25.9 Å². The van der Waals surface area contributed by atoms with Crippen molar-refractivity contribution in [2.24, 2.45) is 5.41 Å². The highest BCUT2D eigenvalue weighted by molar-refractivity contribution is 6.33. The maximum Gasteiger partial charge on any atom is 0.233 e. The second kappa shape index (κ2) is 6.37. The van der Waals surface area contributed by atoms with Crippen LogP contribution in [-0.4, -0.2) is 32.7 Å². The van der Waals surface area contributed by atoms with Crippen LogP contribution in [-0.2, 0) is 9.53 Å². The quantitative estimate of drug-likeness (QED) is 0.891. The number of rotatable bonds is 4. The molecule has 0 atom stereocenters. The van der Waals surface area contributed by atoms with Crippen molar-refractivity contribution in [2.45, 2.75) is 12.8 Å². The van der Waals surface area contributed by atoms with E-state index in [0.29, 0.717) is 17.3 Å². The molecule has 1 heterocycles. The number of halogens is 1. The Kier molecular flexibility index (Phi) is 4.80. The zero-order valence-electron chi connectivity index (χ0n) is 11.0. The van der Waals surface area contributed by atoms with Gasteiger partial charge >= 0.3 is 0 Å². The van der Waals surface area contributed by atoms with Gasteiger partial charge in [-0.1, -0.05) is 23.7 Å². The molecule has 0 bridgehead atoms. The van der Waals surface area contributed by atoms with Gasteiger partial charge in [-0.15, -0.1) is 0 Å². The lowest BCUT2D eigenvalue weighted by Gasteiger charge is -2.35. The van der Waals surface area contributed by atoms with E-state index in [1.165, 1.54) is 0 Å². The lowest BCUT2D eigenvalue weighted by Crippen LogP contribution is -2.47. The van der Waals surface area contributed by atoms with Crippen molar-refractivity contribution in [3.05, 3.63) is 29.3 Å². The lowest BCUT2D eigenvalue weighted by atomic mass is 9.78. The Morgan fingerprint density at radius 2 is 2.11 bits per heavy atom. The third-order valence-corrected chi connectivity index (χ3v) is 3.91. The average Bonchev–Trinajstić information content (AvgIpc) is 2.42. The van der Waals surface area contributed by atoms with Gasteiger partial charge in [0.15, 0.2) is 0 Å². The molecule has 1 aliphatic rings. The summed E-state index contributed by atoms with van der Waals surface area (Å²) in [6.07, 6.45) is 1.55. The largest absolute Gasteiger partial charge is 0.384 e. The van der Waals surface area contributed by atoms with Gasteiger partial charge in [0.25, 0.3) is 0 Å². The summed E-state index contributed by atoms with van der Waals surface area (Å²) in [4.78, 5) is 12.6. The summed E-state index contributed by atoms with van der Waals surface area (Å²) >= 11 is 6.07. The van der Waals surface area contributed by atoms with Gasteiger partial charge in [0.1, 0.15) is 0 Å². The third kappa shape index (κ3) is 3.26. The minimum Gasteiger partial charge on any atom is -0.384 e. The maximum atomic E-state index is 12.6. The first-order chi connectivity index (χ1) is 9.18. The van der Waals surface area contributed by atoms with E-state index in [9.17, 15) is 4.79 Å². The van der Waals surface area contributed by atoms with Crippen LogP contribution in [0.2, 0.25) is 5.02 Å². The number of benzene rings is 1. The van der Waals surface area contributed by atoms with E-state index in [1.54, 1.807) is 13.2 Å². The van der Waals surface area contributed by atoms with Crippen LogP contribution >= 0.6 is 11.6 Å². The van der Waals surface area contributed by atoms with E-state index in [-0.39, 0.29) is 5.91 Å². The summed E-state index contributed by atoms with van der Waals surface area (Å²) in [5.41, 5.74) is 0.197. The number of hydrogen-bond donors (Lipinski definition) is 2. The molecule has 2 N–H and O–H groups in total.